The SMILES string of the molecule is CCCCC/C=C/C(=O)[O-].CCCCC/C=C/C(=O)[O-].[Cr+2]. The molecule has 0 bridgehead atoms. The molecular formula is C16H26CrO4. The minimum atomic E-state index is -1.10. The Morgan fingerprint density at radius 2 is 1.10 bits per heavy atom. The molecule has 0 spiro atoms. The first-order valence-electron chi connectivity index (χ1n) is 7.29. The number of carbonyl (C=O) groups is 2. The Labute approximate surface area is 139 Å². The van der Waals surface area contributed by atoms with Crippen LogP contribution in [-0.2, 0) is 27.0 Å². The summed E-state index contributed by atoms with van der Waals surface area (Å²) in [7, 11) is 0. The van der Waals surface area contributed by atoms with Crippen molar-refractivity contribution in [1.29, 1.82) is 0 Å². The molecule has 21 heavy (non-hydrogen) atoms. The first kappa shape index (κ1) is 24.9. The van der Waals surface area contributed by atoms with Crippen molar-refractivity contribution >= 4 is 11.9 Å². The Morgan fingerprint density at radius 1 is 0.762 bits per heavy atom. The van der Waals surface area contributed by atoms with Crippen molar-refractivity contribution in [2.24, 2.45) is 0 Å². The number of aliphatic carboxylic acids is 2. The van der Waals surface area contributed by atoms with Gasteiger partial charge in [0, 0.05) is 0 Å². The molecule has 0 atom stereocenters. The molecule has 0 unspecified atom stereocenters. The summed E-state index contributed by atoms with van der Waals surface area (Å²) in [6, 6.07) is 0. The number of hydrogen-bond acceptors (Lipinski definition) is 4. The van der Waals surface area contributed by atoms with Gasteiger partial charge in [-0.05, 0) is 37.8 Å². The van der Waals surface area contributed by atoms with Crippen LogP contribution < -0.4 is 10.2 Å². The van der Waals surface area contributed by atoms with Gasteiger partial charge in [-0.1, -0.05) is 51.7 Å². The second-order valence-corrected chi connectivity index (χ2v) is 4.43. The summed E-state index contributed by atoms with van der Waals surface area (Å²) in [6.07, 6.45) is 14.0. The average molecular weight is 334 g/mol. The Bertz CT molecular complexity index is 269. The van der Waals surface area contributed by atoms with Crippen LogP contribution in [0.2, 0.25) is 0 Å². The maximum Gasteiger partial charge on any atom is 2.00 e. The summed E-state index contributed by atoms with van der Waals surface area (Å²) < 4.78 is 0. The third-order valence-electron chi connectivity index (χ3n) is 2.46. The van der Waals surface area contributed by atoms with E-state index < -0.39 is 11.9 Å². The van der Waals surface area contributed by atoms with Crippen LogP contribution in [-0.4, -0.2) is 11.9 Å². The second-order valence-electron chi connectivity index (χ2n) is 4.43. The monoisotopic (exact) mass is 334 g/mol. The van der Waals surface area contributed by atoms with E-state index in [-0.39, 0.29) is 17.4 Å². The van der Waals surface area contributed by atoms with E-state index in [0.29, 0.717) is 0 Å². The Morgan fingerprint density at radius 3 is 1.33 bits per heavy atom. The smallest absolute Gasteiger partial charge is 0.545 e. The van der Waals surface area contributed by atoms with Crippen molar-refractivity contribution in [3.63, 3.8) is 0 Å². The van der Waals surface area contributed by atoms with Crippen molar-refractivity contribution < 1.29 is 37.2 Å². The van der Waals surface area contributed by atoms with Crippen molar-refractivity contribution in [2.75, 3.05) is 0 Å². The summed E-state index contributed by atoms with van der Waals surface area (Å²) in [5.41, 5.74) is 0. The van der Waals surface area contributed by atoms with E-state index in [1.807, 2.05) is 0 Å². The predicted octanol–water partition coefficient (Wildman–Crippen LogP) is 1.74. The zero-order chi connectivity index (χ0) is 15.6. The van der Waals surface area contributed by atoms with E-state index in [1.165, 1.54) is 12.8 Å². The van der Waals surface area contributed by atoms with E-state index >= 15 is 0 Å². The molecule has 0 heterocycles. The third-order valence-corrected chi connectivity index (χ3v) is 2.46. The second kappa shape index (κ2) is 21.3. The van der Waals surface area contributed by atoms with Crippen LogP contribution >= 0.6 is 0 Å². The van der Waals surface area contributed by atoms with Crippen LogP contribution in [0.25, 0.3) is 0 Å². The molecule has 0 rings (SSSR count). The van der Waals surface area contributed by atoms with Gasteiger partial charge in [-0.3, -0.25) is 0 Å². The fraction of sp³-hybridized carbons (Fsp3) is 0.625. The van der Waals surface area contributed by atoms with Gasteiger partial charge in [0.05, 0.1) is 11.9 Å². The third kappa shape index (κ3) is 32.5. The summed E-state index contributed by atoms with van der Waals surface area (Å²) in [6.45, 7) is 4.23. The summed E-state index contributed by atoms with van der Waals surface area (Å²) in [4.78, 5) is 19.7. The maximum absolute atomic E-state index is 9.83. The molecule has 0 amide bonds. The fourth-order valence-electron chi connectivity index (χ4n) is 1.38. The molecule has 0 aliphatic rings. The van der Waals surface area contributed by atoms with E-state index in [2.05, 4.69) is 13.8 Å². The first-order valence-corrected chi connectivity index (χ1v) is 7.29. The molecule has 0 aliphatic carbocycles. The maximum atomic E-state index is 9.83. The number of unbranched alkanes of at least 4 members (excludes halogenated alkanes) is 6. The van der Waals surface area contributed by atoms with Crippen LogP contribution in [0.5, 0.6) is 0 Å². The van der Waals surface area contributed by atoms with Gasteiger partial charge in [0.1, 0.15) is 0 Å². The summed E-state index contributed by atoms with van der Waals surface area (Å²) >= 11 is 0. The van der Waals surface area contributed by atoms with Gasteiger partial charge in [0.25, 0.3) is 0 Å². The van der Waals surface area contributed by atoms with Crippen LogP contribution in [0.3, 0.4) is 0 Å². The van der Waals surface area contributed by atoms with Crippen LogP contribution in [0.4, 0.5) is 0 Å². The van der Waals surface area contributed by atoms with Crippen LogP contribution in [0.1, 0.15) is 65.2 Å². The molecule has 0 aromatic rings. The molecule has 4 nitrogen and oxygen atoms in total. The van der Waals surface area contributed by atoms with E-state index in [0.717, 1.165) is 50.7 Å². The van der Waals surface area contributed by atoms with Gasteiger partial charge in [0.2, 0.25) is 0 Å². The number of rotatable bonds is 10. The Balaban J connectivity index is -0.000000295. The van der Waals surface area contributed by atoms with Gasteiger partial charge in [-0.15, -0.1) is 0 Å². The molecule has 120 valence electrons. The van der Waals surface area contributed by atoms with Crippen molar-refractivity contribution in [2.45, 2.75) is 65.2 Å². The summed E-state index contributed by atoms with van der Waals surface area (Å²) in [5, 5.41) is 19.7. The zero-order valence-corrected chi connectivity index (χ0v) is 14.3. The molecule has 0 N–H and O–H groups in total. The minimum Gasteiger partial charge on any atom is -0.545 e. The van der Waals surface area contributed by atoms with Gasteiger partial charge in [0.15, 0.2) is 0 Å². The zero-order valence-electron chi connectivity index (χ0n) is 13.0. The minimum absolute atomic E-state index is 0. The molecule has 5 heteroatoms. The molecule has 0 saturated carbocycles. The number of carboxylic acid groups (broad SMARTS) is 2. The molecule has 0 aromatic carbocycles. The van der Waals surface area contributed by atoms with Gasteiger partial charge < -0.3 is 19.8 Å². The van der Waals surface area contributed by atoms with Crippen LogP contribution in [0, 0.1) is 0 Å². The molecule has 0 aliphatic heterocycles. The molecular weight excluding hydrogens is 308 g/mol. The predicted molar refractivity (Wildman–Crippen MR) is 76.6 cm³/mol. The van der Waals surface area contributed by atoms with E-state index in [4.69, 9.17) is 0 Å². The van der Waals surface area contributed by atoms with Crippen molar-refractivity contribution in [3.05, 3.63) is 24.3 Å². The fourth-order valence-corrected chi connectivity index (χ4v) is 1.38. The quantitative estimate of drug-likeness (QED) is 0.450. The largest absolute Gasteiger partial charge is 2.00 e. The molecule has 0 fully saturated rings. The average Bonchev–Trinajstić information content (AvgIpc) is 2.38. The van der Waals surface area contributed by atoms with Crippen molar-refractivity contribution in [1.82, 2.24) is 0 Å². The standard InChI is InChI=1S/2C8H14O2.Cr/c2*1-2-3-4-5-6-7-8(9)10;/h2*6-7H,2-5H2,1H3,(H,9,10);/q;;+2/p-2/b2*7-6+;. The number of hydrogen-bond donors (Lipinski definition) is 0. The molecule has 0 radical (unpaired) electrons. The first-order chi connectivity index (χ1) is 9.54. The molecule has 0 aromatic heterocycles. The van der Waals surface area contributed by atoms with Gasteiger partial charge in [-0.2, -0.15) is 0 Å². The Kier molecular flexibility index (Phi) is 25.2. The van der Waals surface area contributed by atoms with Gasteiger partial charge in [-0.25, -0.2) is 0 Å². The number of carbonyl (C=O) groups excluding carboxylic acids is 2. The number of allylic oxidation sites excluding steroid dienone is 2. The van der Waals surface area contributed by atoms with E-state index in [9.17, 15) is 19.8 Å². The topological polar surface area (TPSA) is 80.3 Å². The summed E-state index contributed by atoms with van der Waals surface area (Å²) in [5.74, 6) is -2.20. The van der Waals surface area contributed by atoms with E-state index in [1.54, 1.807) is 12.2 Å². The van der Waals surface area contributed by atoms with Crippen LogP contribution in [0.15, 0.2) is 24.3 Å². The number of carboxylic acids is 2. The van der Waals surface area contributed by atoms with Crippen molar-refractivity contribution in [3.8, 4) is 0 Å². The normalized spacial score (nSPS) is 10.0. The molecule has 0 saturated heterocycles. The van der Waals surface area contributed by atoms with Gasteiger partial charge >= 0.3 is 17.4 Å². The Hall–Kier alpha value is -1.05.